The maximum atomic E-state index is 12.7. The van der Waals surface area contributed by atoms with E-state index < -0.39 is 5.54 Å². The lowest BCUT2D eigenvalue weighted by atomic mass is 10.1. The van der Waals surface area contributed by atoms with Crippen LogP contribution in [0, 0.1) is 19.8 Å². The maximum Gasteiger partial charge on any atom is 0.226 e. The van der Waals surface area contributed by atoms with Crippen LogP contribution in [0.2, 0.25) is 5.02 Å². The minimum atomic E-state index is -0.732. The predicted octanol–water partition coefficient (Wildman–Crippen LogP) is 3.20. The molecule has 2 unspecified atom stereocenters. The Morgan fingerprint density at radius 3 is 2.79 bits per heavy atom. The van der Waals surface area contributed by atoms with E-state index in [1.54, 1.807) is 11.3 Å². The summed E-state index contributed by atoms with van der Waals surface area (Å²) in [6.45, 7) is 6.39. The molecular weight excluding hydrogens is 408 g/mol. The van der Waals surface area contributed by atoms with Crippen LogP contribution in [-0.4, -0.2) is 37.9 Å². The van der Waals surface area contributed by atoms with Crippen LogP contribution in [0.3, 0.4) is 0 Å². The van der Waals surface area contributed by atoms with Crippen LogP contribution in [0.1, 0.15) is 41.3 Å². The van der Waals surface area contributed by atoms with Gasteiger partial charge >= 0.3 is 0 Å². The molecule has 7 nitrogen and oxygen atoms in total. The summed E-state index contributed by atoms with van der Waals surface area (Å²) in [5, 5.41) is 14.2. The normalized spacial score (nSPS) is 21.9. The molecule has 9 heteroatoms. The Balaban J connectivity index is 1.76. The molecule has 5 rings (SSSR count). The van der Waals surface area contributed by atoms with Gasteiger partial charge in [0.2, 0.25) is 5.91 Å². The number of aliphatic imine (C=N–C) groups is 1. The smallest absolute Gasteiger partial charge is 0.226 e. The van der Waals surface area contributed by atoms with E-state index in [9.17, 15) is 4.79 Å². The molecule has 2 aliphatic rings. The van der Waals surface area contributed by atoms with Gasteiger partial charge < -0.3 is 5.32 Å². The van der Waals surface area contributed by atoms with E-state index in [1.165, 1.54) is 0 Å². The van der Waals surface area contributed by atoms with E-state index in [1.807, 2.05) is 49.6 Å². The lowest BCUT2D eigenvalue weighted by Gasteiger charge is -2.12. The molecule has 1 aliphatic heterocycles. The zero-order valence-corrected chi connectivity index (χ0v) is 17.8. The van der Waals surface area contributed by atoms with Gasteiger partial charge in [-0.25, -0.2) is 4.98 Å². The van der Waals surface area contributed by atoms with Crippen molar-refractivity contribution in [3.63, 3.8) is 0 Å². The molecular formula is C20H19ClN6OS. The number of hydrogen-bond acceptors (Lipinski definition) is 6. The molecule has 3 aromatic rings. The Hall–Kier alpha value is -2.58. The minimum Gasteiger partial charge on any atom is -0.356 e. The molecule has 0 bridgehead atoms. The van der Waals surface area contributed by atoms with E-state index >= 15 is 0 Å². The molecule has 0 radical (unpaired) electrons. The van der Waals surface area contributed by atoms with Crippen molar-refractivity contribution in [2.24, 2.45) is 10.9 Å². The second-order valence-corrected chi connectivity index (χ2v) is 8.95. The van der Waals surface area contributed by atoms with Crippen molar-refractivity contribution in [2.75, 3.05) is 6.54 Å². The van der Waals surface area contributed by atoms with Gasteiger partial charge in [0, 0.05) is 17.1 Å². The molecule has 2 aromatic heterocycles. The Bertz CT molecular complexity index is 1160. The molecule has 148 valence electrons. The highest BCUT2D eigenvalue weighted by molar-refractivity contribution is 7.14. The quantitative estimate of drug-likeness (QED) is 0.696. The Kier molecular flexibility index (Phi) is 4.11. The number of amides is 1. The van der Waals surface area contributed by atoms with Crippen molar-refractivity contribution < 1.29 is 4.79 Å². The largest absolute Gasteiger partial charge is 0.356 e. The van der Waals surface area contributed by atoms with Crippen molar-refractivity contribution in [3.8, 4) is 5.00 Å². The first-order chi connectivity index (χ1) is 13.9. The Morgan fingerprint density at radius 1 is 1.31 bits per heavy atom. The Morgan fingerprint density at radius 2 is 2.07 bits per heavy atom. The summed E-state index contributed by atoms with van der Waals surface area (Å²) in [5.74, 6) is 1.19. The molecule has 2 atom stereocenters. The second kappa shape index (κ2) is 6.47. The number of nitrogens with one attached hydrogen (secondary N) is 1. The van der Waals surface area contributed by atoms with Gasteiger partial charge in [0.15, 0.2) is 5.82 Å². The minimum absolute atomic E-state index is 0.00620. The number of benzene rings is 1. The highest BCUT2D eigenvalue weighted by Crippen LogP contribution is 2.57. The van der Waals surface area contributed by atoms with Gasteiger partial charge in [-0.05, 0) is 39.3 Å². The van der Waals surface area contributed by atoms with E-state index in [0.717, 1.165) is 32.8 Å². The fraction of sp³-hybridized carbons (Fsp3) is 0.350. The third-order valence-corrected chi connectivity index (χ3v) is 6.59. The fourth-order valence-electron chi connectivity index (χ4n) is 3.95. The van der Waals surface area contributed by atoms with Crippen molar-refractivity contribution in [2.45, 2.75) is 32.7 Å². The number of halogens is 1. The lowest BCUT2D eigenvalue weighted by Crippen LogP contribution is -2.29. The van der Waals surface area contributed by atoms with Crippen molar-refractivity contribution in [1.29, 1.82) is 0 Å². The number of carbonyl (C=O) groups excluding carboxylic acids is 1. The molecule has 1 aliphatic carbocycles. The van der Waals surface area contributed by atoms with Crippen LogP contribution in [0.25, 0.3) is 5.00 Å². The van der Waals surface area contributed by atoms with Crippen LogP contribution >= 0.6 is 22.9 Å². The third-order valence-electron chi connectivity index (χ3n) is 5.38. The monoisotopic (exact) mass is 426 g/mol. The average Bonchev–Trinajstić information content (AvgIpc) is 3.14. The summed E-state index contributed by atoms with van der Waals surface area (Å²) in [5.41, 5.74) is 1.73. The van der Waals surface area contributed by atoms with Crippen LogP contribution in [0.4, 0.5) is 0 Å². The van der Waals surface area contributed by atoms with Crippen molar-refractivity contribution >= 4 is 34.6 Å². The SMILES string of the molecule is CCNC(=O)C1CC12N=C(c1ccc(Cl)cc1)c1nc(C)sc1-n1c(C)nnc12. The predicted molar refractivity (Wildman–Crippen MR) is 112 cm³/mol. The number of nitrogens with zero attached hydrogens (tertiary/aromatic N) is 5. The first-order valence-corrected chi connectivity index (χ1v) is 10.7. The second-order valence-electron chi connectivity index (χ2n) is 7.34. The molecule has 1 N–H and O–H groups in total. The van der Waals surface area contributed by atoms with E-state index in [0.29, 0.717) is 23.8 Å². The molecule has 1 aromatic carbocycles. The van der Waals surface area contributed by atoms with Crippen LogP contribution < -0.4 is 5.32 Å². The molecule has 29 heavy (non-hydrogen) atoms. The fourth-order valence-corrected chi connectivity index (χ4v) is 5.04. The molecule has 1 fully saturated rings. The molecule has 3 heterocycles. The van der Waals surface area contributed by atoms with Crippen LogP contribution in [0.5, 0.6) is 0 Å². The summed E-state index contributed by atoms with van der Waals surface area (Å²) >= 11 is 7.68. The van der Waals surface area contributed by atoms with Gasteiger partial charge in [0.05, 0.1) is 16.6 Å². The number of aryl methyl sites for hydroxylation is 2. The maximum absolute atomic E-state index is 12.7. The molecule has 1 spiro atoms. The van der Waals surface area contributed by atoms with Crippen molar-refractivity contribution in [3.05, 3.63) is 57.2 Å². The molecule has 0 saturated heterocycles. The standard InChI is InChI=1S/C20H19ClN6OS/c1-4-22-17(28)14-9-20(14)19-26-25-10(2)27(19)18-16(23-11(3)29-18)15(24-20)12-5-7-13(21)8-6-12/h5-8,14H,4,9H2,1-3H3,(H,22,28). The number of hydrogen-bond donors (Lipinski definition) is 1. The molecule has 1 amide bonds. The van der Waals surface area contributed by atoms with E-state index in [-0.39, 0.29) is 11.8 Å². The topological polar surface area (TPSA) is 85.1 Å². The first kappa shape index (κ1) is 18.4. The zero-order chi connectivity index (χ0) is 20.3. The van der Waals surface area contributed by atoms with Crippen molar-refractivity contribution in [1.82, 2.24) is 25.1 Å². The first-order valence-electron chi connectivity index (χ1n) is 9.48. The average molecular weight is 427 g/mol. The van der Waals surface area contributed by atoms with E-state index in [2.05, 4.69) is 15.5 Å². The summed E-state index contributed by atoms with van der Waals surface area (Å²) in [6.07, 6.45) is 0.599. The molecule has 1 saturated carbocycles. The Labute approximate surface area is 176 Å². The summed E-state index contributed by atoms with van der Waals surface area (Å²) in [6, 6.07) is 7.57. The van der Waals surface area contributed by atoms with Gasteiger partial charge in [-0.1, -0.05) is 23.7 Å². The zero-order valence-electron chi connectivity index (χ0n) is 16.2. The number of rotatable bonds is 3. The summed E-state index contributed by atoms with van der Waals surface area (Å²) < 4.78 is 2.02. The number of carbonyl (C=O) groups is 1. The van der Waals surface area contributed by atoms with E-state index in [4.69, 9.17) is 21.6 Å². The highest BCUT2D eigenvalue weighted by Gasteiger charge is 2.64. The lowest BCUT2D eigenvalue weighted by molar-refractivity contribution is -0.122. The number of aromatic nitrogens is 4. The van der Waals surface area contributed by atoms with Crippen LogP contribution in [0.15, 0.2) is 29.3 Å². The third kappa shape index (κ3) is 2.73. The van der Waals surface area contributed by atoms with Gasteiger partial charge in [0.25, 0.3) is 0 Å². The summed E-state index contributed by atoms with van der Waals surface area (Å²) in [4.78, 5) is 22.6. The van der Waals surface area contributed by atoms with Gasteiger partial charge in [-0.15, -0.1) is 21.5 Å². The number of fused-ring (bicyclic) bond motifs is 4. The van der Waals surface area contributed by atoms with Gasteiger partial charge in [-0.3, -0.25) is 14.4 Å². The number of thiazole rings is 1. The van der Waals surface area contributed by atoms with Gasteiger partial charge in [0.1, 0.15) is 22.1 Å². The van der Waals surface area contributed by atoms with Crippen LogP contribution in [-0.2, 0) is 10.3 Å². The highest BCUT2D eigenvalue weighted by atomic mass is 35.5. The summed E-state index contributed by atoms with van der Waals surface area (Å²) in [7, 11) is 0. The van der Waals surface area contributed by atoms with Gasteiger partial charge in [-0.2, -0.15) is 0 Å².